The molecule has 2 aromatic carbocycles. The number of hydrogen-bond acceptors (Lipinski definition) is 12. The lowest BCUT2D eigenvalue weighted by Gasteiger charge is -2.48. The van der Waals surface area contributed by atoms with Crippen LogP contribution in [0.2, 0.25) is 0 Å². The molecule has 5 amide bonds. The average molecular weight is 913 g/mol. The number of imide groups is 2. The van der Waals surface area contributed by atoms with E-state index in [1.54, 1.807) is 32.2 Å². The molecule has 4 saturated heterocycles. The Labute approximate surface area is 386 Å². The van der Waals surface area contributed by atoms with Crippen LogP contribution in [0.4, 0.5) is 14.5 Å². The zero-order valence-corrected chi connectivity index (χ0v) is 38.4. The number of rotatable bonds is 14. The molecule has 17 heteroatoms. The molecule has 4 atom stereocenters. The topological polar surface area (TPSA) is 190 Å². The quantitative estimate of drug-likeness (QED) is 0.160. The number of nitrogens with two attached hydrogens (primary N) is 2. The Kier molecular flexibility index (Phi) is 15.0. The number of nitrogens with zero attached hydrogens (tertiary/aromatic N) is 6. The van der Waals surface area contributed by atoms with Crippen molar-refractivity contribution in [3.05, 3.63) is 69.9 Å². The van der Waals surface area contributed by atoms with Crippen molar-refractivity contribution >= 4 is 47.0 Å². The van der Waals surface area contributed by atoms with E-state index in [0.717, 1.165) is 112 Å². The van der Waals surface area contributed by atoms with Crippen LogP contribution in [0.15, 0.2) is 41.5 Å². The molecule has 6 heterocycles. The van der Waals surface area contributed by atoms with E-state index in [4.69, 9.17) is 11.5 Å². The Morgan fingerprint density at radius 1 is 0.955 bits per heavy atom. The number of allylic oxidation sites excluding steroid dienone is 1. The van der Waals surface area contributed by atoms with Crippen LogP contribution < -0.4 is 27.0 Å². The van der Waals surface area contributed by atoms with Crippen LogP contribution in [0.3, 0.4) is 0 Å². The zero-order valence-electron chi connectivity index (χ0n) is 38.4. The fraction of sp³-hybridized carbons (Fsp3) is 0.592. The van der Waals surface area contributed by atoms with E-state index in [-0.39, 0.29) is 36.3 Å². The summed E-state index contributed by atoms with van der Waals surface area (Å²) in [4.78, 5) is 77.8. The summed E-state index contributed by atoms with van der Waals surface area (Å²) < 4.78 is 29.2. The van der Waals surface area contributed by atoms with Crippen molar-refractivity contribution < 1.29 is 32.8 Å². The number of anilines is 1. The predicted molar refractivity (Wildman–Crippen MR) is 249 cm³/mol. The van der Waals surface area contributed by atoms with Gasteiger partial charge in [-0.2, -0.15) is 0 Å². The third-order valence-corrected chi connectivity index (χ3v) is 15.0. The summed E-state index contributed by atoms with van der Waals surface area (Å²) in [5, 5.41) is 6.25. The number of aryl methyl sites for hydroxylation is 2. The highest BCUT2D eigenvalue weighted by Crippen LogP contribution is 2.39. The van der Waals surface area contributed by atoms with Gasteiger partial charge in [0.15, 0.2) is 0 Å². The highest BCUT2D eigenvalue weighted by atomic mass is 19.3. The van der Waals surface area contributed by atoms with Crippen LogP contribution in [0.1, 0.15) is 114 Å². The van der Waals surface area contributed by atoms with Gasteiger partial charge in [-0.3, -0.25) is 39.2 Å². The molecule has 8 rings (SSSR count). The fourth-order valence-corrected chi connectivity index (χ4v) is 11.4. The SMILES string of the molecule is CN=CC(=CN)c1cc2c(cc1C(F)F)N(C(N)C1CN(C(C)=O)CCC1NC1CCN(CC3CCN(CCCc4cccc5c4C(=O)N(C4CCC(=O)NC4=O)C5=O)CC3)CC1)CCC2. The third-order valence-electron chi connectivity index (χ3n) is 15.0. The Morgan fingerprint density at radius 2 is 1.71 bits per heavy atom. The van der Waals surface area contributed by atoms with Crippen LogP contribution in [-0.2, 0) is 27.2 Å². The third kappa shape index (κ3) is 10.1. The number of halogens is 2. The average Bonchev–Trinajstić information content (AvgIpc) is 3.57. The van der Waals surface area contributed by atoms with E-state index in [2.05, 4.69) is 30.3 Å². The molecule has 2 aromatic rings. The first kappa shape index (κ1) is 47.4. The molecule has 6 N–H and O–H groups in total. The van der Waals surface area contributed by atoms with Gasteiger partial charge in [0.25, 0.3) is 18.2 Å². The summed E-state index contributed by atoms with van der Waals surface area (Å²) in [6.07, 6.45) is 7.96. The van der Waals surface area contributed by atoms with Gasteiger partial charge in [0.05, 0.1) is 17.3 Å². The first-order valence-electron chi connectivity index (χ1n) is 24.0. The predicted octanol–water partition coefficient (Wildman–Crippen LogP) is 3.70. The van der Waals surface area contributed by atoms with E-state index >= 15 is 0 Å². The van der Waals surface area contributed by atoms with Crippen molar-refractivity contribution in [1.29, 1.82) is 0 Å². The van der Waals surface area contributed by atoms with Crippen LogP contribution in [0.25, 0.3) is 5.57 Å². The van der Waals surface area contributed by atoms with Gasteiger partial charge in [0.1, 0.15) is 6.04 Å². The lowest BCUT2D eigenvalue weighted by molar-refractivity contribution is -0.136. The van der Waals surface area contributed by atoms with Crippen LogP contribution in [-0.4, -0.2) is 146 Å². The normalized spacial score (nSPS) is 24.7. The van der Waals surface area contributed by atoms with E-state index < -0.39 is 42.3 Å². The van der Waals surface area contributed by atoms with Gasteiger partial charge >= 0.3 is 0 Å². The van der Waals surface area contributed by atoms with Gasteiger partial charge < -0.3 is 36.4 Å². The molecule has 66 heavy (non-hydrogen) atoms. The molecule has 0 spiro atoms. The molecule has 0 aromatic heterocycles. The number of aliphatic imine (C=N–C) groups is 1. The summed E-state index contributed by atoms with van der Waals surface area (Å²) in [6.45, 7) is 9.40. The van der Waals surface area contributed by atoms with E-state index in [9.17, 15) is 32.8 Å². The first-order chi connectivity index (χ1) is 31.8. The minimum Gasteiger partial charge on any atom is -0.404 e. The Balaban J connectivity index is 0.813. The van der Waals surface area contributed by atoms with Gasteiger partial charge in [-0.15, -0.1) is 0 Å². The van der Waals surface area contributed by atoms with Gasteiger partial charge in [-0.25, -0.2) is 8.78 Å². The van der Waals surface area contributed by atoms with Crippen LogP contribution >= 0.6 is 0 Å². The van der Waals surface area contributed by atoms with E-state index in [0.29, 0.717) is 60.3 Å². The highest BCUT2D eigenvalue weighted by Gasteiger charge is 2.46. The van der Waals surface area contributed by atoms with Crippen molar-refractivity contribution in [2.45, 2.75) is 108 Å². The summed E-state index contributed by atoms with van der Waals surface area (Å²) >= 11 is 0. The van der Waals surface area contributed by atoms with Crippen molar-refractivity contribution in [3.8, 4) is 0 Å². The maximum Gasteiger partial charge on any atom is 0.264 e. The molecule has 0 radical (unpaired) electrons. The molecule has 4 fully saturated rings. The van der Waals surface area contributed by atoms with E-state index in [1.807, 2.05) is 17.0 Å². The van der Waals surface area contributed by atoms with Gasteiger partial charge in [0.2, 0.25) is 17.7 Å². The molecular formula is C49H66F2N10O5. The number of carbonyl (C=O) groups excluding carboxylic acids is 5. The summed E-state index contributed by atoms with van der Waals surface area (Å²) in [5.74, 6) is -1.39. The molecule has 6 aliphatic rings. The number of piperidine rings is 4. The summed E-state index contributed by atoms with van der Waals surface area (Å²) in [5.41, 5.74) is 17.0. The number of amides is 5. The van der Waals surface area contributed by atoms with Gasteiger partial charge in [0, 0.05) is 93.8 Å². The standard InChI is InChI=1S/C49H66F2N10O5/c1-30(62)59-23-16-40(39(29-59)46(53)60-18-5-8-33-24-37(34(26-52)27-54-2)38(45(50)51)25-42(33)60)55-35-14-21-58(22-15-35)28-31-12-19-57(20-13-31)17-4-7-32-6-3-9-36-44(32)49(66)61(48(36)65)41-10-11-43(63)56-47(41)64/h3,6,9,24-27,31,35,39-41,45-46,55H,4-5,7-8,10-23,28-29,52-53H2,1-2H3,(H,56,63,64). The second kappa shape index (κ2) is 20.8. The largest absolute Gasteiger partial charge is 0.404 e. The second-order valence-electron chi connectivity index (χ2n) is 19.1. The molecule has 0 aliphatic carbocycles. The number of hydrogen-bond donors (Lipinski definition) is 4. The lowest BCUT2D eigenvalue weighted by Crippen LogP contribution is -2.63. The van der Waals surface area contributed by atoms with Crippen molar-refractivity contribution in [2.75, 3.05) is 70.9 Å². The van der Waals surface area contributed by atoms with Gasteiger partial charge in [-0.1, -0.05) is 12.1 Å². The Morgan fingerprint density at radius 3 is 2.41 bits per heavy atom. The highest BCUT2D eigenvalue weighted by molar-refractivity contribution is 6.24. The number of alkyl halides is 2. The molecule has 6 aliphatic heterocycles. The number of likely N-dealkylation sites (tertiary alicyclic amines) is 3. The smallest absolute Gasteiger partial charge is 0.264 e. The maximum absolute atomic E-state index is 14.6. The van der Waals surface area contributed by atoms with Crippen molar-refractivity contribution in [2.24, 2.45) is 28.3 Å². The van der Waals surface area contributed by atoms with Crippen LogP contribution in [0, 0.1) is 11.8 Å². The lowest BCUT2D eigenvalue weighted by atomic mass is 9.85. The monoisotopic (exact) mass is 913 g/mol. The minimum atomic E-state index is -2.71. The Bertz CT molecular complexity index is 2220. The summed E-state index contributed by atoms with van der Waals surface area (Å²) in [6, 6.07) is 8.16. The molecular weight excluding hydrogens is 847 g/mol. The summed E-state index contributed by atoms with van der Waals surface area (Å²) in [7, 11) is 1.59. The fourth-order valence-electron chi connectivity index (χ4n) is 11.4. The number of nitrogens with one attached hydrogen (secondary N) is 2. The Hall–Kier alpha value is -5.10. The van der Waals surface area contributed by atoms with Crippen molar-refractivity contribution in [3.63, 3.8) is 0 Å². The zero-order chi connectivity index (χ0) is 46.6. The molecule has 15 nitrogen and oxygen atoms in total. The van der Waals surface area contributed by atoms with E-state index in [1.165, 1.54) is 12.4 Å². The van der Waals surface area contributed by atoms with Gasteiger partial charge in [-0.05, 0) is 138 Å². The molecule has 0 bridgehead atoms. The number of fused-ring (bicyclic) bond motifs is 2. The maximum atomic E-state index is 14.6. The second-order valence-corrected chi connectivity index (χ2v) is 19.1. The minimum absolute atomic E-state index is 0.0141. The molecule has 4 unspecified atom stereocenters. The van der Waals surface area contributed by atoms with Crippen LogP contribution in [0.5, 0.6) is 0 Å². The van der Waals surface area contributed by atoms with Crippen molar-refractivity contribution in [1.82, 2.24) is 30.2 Å². The molecule has 0 saturated carbocycles. The number of carbonyl (C=O) groups is 5. The molecule has 356 valence electrons. The first-order valence-corrected chi connectivity index (χ1v) is 24.0. The number of benzene rings is 2.